The standard InChI is InChI=1S/C23H20FN3O2/c1-2-5-20(28)27-11-14-10-26(12-19(14)27)22-18(24)9-17(23(25)29)16-8-13-6-3-4-7-15(13)21(16)22/h3-4,6-7,9,14,19H,8,10-12H2,1H3,(H2,25,29). The fraction of sp³-hybridized carbons (Fsp3) is 0.304. The summed E-state index contributed by atoms with van der Waals surface area (Å²) in [7, 11) is 0. The van der Waals surface area contributed by atoms with Crippen molar-refractivity contribution < 1.29 is 14.0 Å². The lowest BCUT2D eigenvalue weighted by atomic mass is 9.92. The fourth-order valence-corrected chi connectivity index (χ4v) is 5.02. The Kier molecular flexibility index (Phi) is 3.88. The van der Waals surface area contributed by atoms with Gasteiger partial charge < -0.3 is 15.5 Å². The van der Waals surface area contributed by atoms with Crippen molar-refractivity contribution in [2.75, 3.05) is 24.5 Å². The lowest BCUT2D eigenvalue weighted by Gasteiger charge is -2.42. The molecular weight excluding hydrogens is 369 g/mol. The van der Waals surface area contributed by atoms with E-state index in [0.717, 1.165) is 22.3 Å². The molecule has 29 heavy (non-hydrogen) atoms. The van der Waals surface area contributed by atoms with Crippen LogP contribution in [-0.2, 0) is 11.2 Å². The Morgan fingerprint density at radius 1 is 1.21 bits per heavy atom. The molecule has 0 spiro atoms. The SMILES string of the molecule is CC#CC(=O)N1CC2CN(c3c(F)cc(C(N)=O)c4c3-c3ccccc3C4)CC21. The summed E-state index contributed by atoms with van der Waals surface area (Å²) >= 11 is 0. The molecule has 2 aromatic rings. The monoisotopic (exact) mass is 389 g/mol. The Morgan fingerprint density at radius 3 is 2.76 bits per heavy atom. The number of nitrogens with two attached hydrogens (primary N) is 1. The van der Waals surface area contributed by atoms with Crippen molar-refractivity contribution in [3.8, 4) is 23.0 Å². The fourth-order valence-electron chi connectivity index (χ4n) is 5.02. The number of amides is 2. The number of hydrogen-bond acceptors (Lipinski definition) is 3. The number of primary amides is 1. The van der Waals surface area contributed by atoms with Crippen LogP contribution in [0.1, 0.15) is 28.4 Å². The molecule has 2 fully saturated rings. The van der Waals surface area contributed by atoms with Crippen LogP contribution in [0.3, 0.4) is 0 Å². The van der Waals surface area contributed by atoms with Crippen LogP contribution in [0.4, 0.5) is 10.1 Å². The van der Waals surface area contributed by atoms with Gasteiger partial charge >= 0.3 is 0 Å². The zero-order chi connectivity index (χ0) is 20.3. The summed E-state index contributed by atoms with van der Waals surface area (Å²) in [5, 5.41) is 0. The Bertz CT molecular complexity index is 1130. The van der Waals surface area contributed by atoms with Gasteiger partial charge in [0.1, 0.15) is 5.82 Å². The zero-order valence-electron chi connectivity index (χ0n) is 16.0. The highest BCUT2D eigenvalue weighted by Crippen LogP contribution is 2.47. The predicted molar refractivity (Wildman–Crippen MR) is 108 cm³/mol. The lowest BCUT2D eigenvalue weighted by Crippen LogP contribution is -2.57. The van der Waals surface area contributed by atoms with E-state index in [1.807, 2.05) is 29.2 Å². The summed E-state index contributed by atoms with van der Waals surface area (Å²) in [5.41, 5.74) is 9.88. The molecule has 2 aromatic carbocycles. The quantitative estimate of drug-likeness (QED) is 0.683. The number of benzene rings is 2. The van der Waals surface area contributed by atoms with Gasteiger partial charge in [-0.1, -0.05) is 30.2 Å². The van der Waals surface area contributed by atoms with E-state index in [1.165, 1.54) is 6.07 Å². The smallest absolute Gasteiger partial charge is 0.298 e. The molecule has 146 valence electrons. The number of nitrogens with zero attached hydrogens (tertiary/aromatic N) is 2. The highest BCUT2D eigenvalue weighted by Gasteiger charge is 2.48. The van der Waals surface area contributed by atoms with E-state index in [1.54, 1.807) is 11.8 Å². The zero-order valence-corrected chi connectivity index (χ0v) is 16.0. The lowest BCUT2D eigenvalue weighted by molar-refractivity contribution is -0.134. The molecule has 2 heterocycles. The van der Waals surface area contributed by atoms with Gasteiger partial charge in [0.15, 0.2) is 0 Å². The highest BCUT2D eigenvalue weighted by molar-refractivity contribution is 6.01. The third-order valence-electron chi connectivity index (χ3n) is 6.33. The molecule has 0 aromatic heterocycles. The summed E-state index contributed by atoms with van der Waals surface area (Å²) in [6.45, 7) is 3.53. The van der Waals surface area contributed by atoms with Crippen LogP contribution < -0.4 is 10.6 Å². The average molecular weight is 389 g/mol. The van der Waals surface area contributed by atoms with Gasteiger partial charge in [-0.3, -0.25) is 9.59 Å². The maximum absolute atomic E-state index is 15.3. The van der Waals surface area contributed by atoms with Crippen LogP contribution in [0.5, 0.6) is 0 Å². The van der Waals surface area contributed by atoms with Gasteiger partial charge in [-0.05, 0) is 42.0 Å². The largest absolute Gasteiger partial charge is 0.366 e. The number of rotatable bonds is 2. The van der Waals surface area contributed by atoms with E-state index >= 15 is 4.39 Å². The van der Waals surface area contributed by atoms with E-state index in [9.17, 15) is 9.59 Å². The van der Waals surface area contributed by atoms with Crippen molar-refractivity contribution in [1.29, 1.82) is 0 Å². The first-order valence-electron chi connectivity index (χ1n) is 9.71. The van der Waals surface area contributed by atoms with E-state index in [-0.39, 0.29) is 17.5 Å². The first kappa shape index (κ1) is 17.7. The molecule has 2 saturated heterocycles. The number of likely N-dealkylation sites (tertiary alicyclic amines) is 1. The van der Waals surface area contributed by atoms with Crippen LogP contribution in [0.15, 0.2) is 30.3 Å². The Labute approximate surface area is 168 Å². The van der Waals surface area contributed by atoms with Crippen LogP contribution in [-0.4, -0.2) is 42.4 Å². The van der Waals surface area contributed by atoms with Gasteiger partial charge in [0, 0.05) is 36.7 Å². The molecule has 5 rings (SSSR count). The Morgan fingerprint density at radius 2 is 2.00 bits per heavy atom. The minimum Gasteiger partial charge on any atom is -0.366 e. The van der Waals surface area contributed by atoms with Crippen molar-refractivity contribution >= 4 is 17.5 Å². The number of carbonyl (C=O) groups excluding carboxylic acids is 2. The molecule has 3 aliphatic rings. The van der Waals surface area contributed by atoms with Gasteiger partial charge in [-0.25, -0.2) is 4.39 Å². The van der Waals surface area contributed by atoms with Crippen LogP contribution >= 0.6 is 0 Å². The number of carbonyl (C=O) groups is 2. The first-order chi connectivity index (χ1) is 14.0. The molecule has 2 N–H and O–H groups in total. The first-order valence-corrected chi connectivity index (χ1v) is 9.71. The molecule has 2 atom stereocenters. The van der Waals surface area contributed by atoms with Gasteiger partial charge in [-0.15, -0.1) is 0 Å². The molecule has 2 aliphatic heterocycles. The van der Waals surface area contributed by atoms with Crippen LogP contribution in [0.2, 0.25) is 0 Å². The van der Waals surface area contributed by atoms with E-state index in [0.29, 0.717) is 37.7 Å². The number of fused-ring (bicyclic) bond motifs is 4. The molecule has 2 amide bonds. The van der Waals surface area contributed by atoms with Crippen LogP contribution in [0, 0.1) is 23.6 Å². The second-order valence-electron chi connectivity index (χ2n) is 7.87. The normalized spacial score (nSPS) is 20.9. The average Bonchev–Trinajstić information content (AvgIpc) is 3.20. The van der Waals surface area contributed by atoms with Crippen molar-refractivity contribution in [1.82, 2.24) is 4.90 Å². The Balaban J connectivity index is 1.58. The van der Waals surface area contributed by atoms with Crippen molar-refractivity contribution in [3.63, 3.8) is 0 Å². The summed E-state index contributed by atoms with van der Waals surface area (Å²) in [6, 6.07) is 9.15. The molecule has 6 heteroatoms. The minimum absolute atomic E-state index is 0.0471. The van der Waals surface area contributed by atoms with Crippen LogP contribution in [0.25, 0.3) is 11.1 Å². The summed E-state index contributed by atoms with van der Waals surface area (Å²) < 4.78 is 15.3. The molecule has 0 radical (unpaired) electrons. The molecule has 1 aliphatic carbocycles. The molecule has 0 saturated carbocycles. The molecule has 0 bridgehead atoms. The van der Waals surface area contributed by atoms with Gasteiger partial charge in [0.2, 0.25) is 5.91 Å². The van der Waals surface area contributed by atoms with E-state index < -0.39 is 11.7 Å². The number of hydrogen-bond donors (Lipinski definition) is 1. The third kappa shape index (κ3) is 2.54. The summed E-state index contributed by atoms with van der Waals surface area (Å²) in [6.07, 6.45) is 0.564. The molecule has 2 unspecified atom stereocenters. The Hall–Kier alpha value is -3.33. The minimum atomic E-state index is -0.615. The number of halogens is 1. The van der Waals surface area contributed by atoms with Crippen molar-refractivity contribution in [2.24, 2.45) is 11.7 Å². The summed E-state index contributed by atoms with van der Waals surface area (Å²) in [5.74, 6) is 4.32. The number of anilines is 1. The van der Waals surface area contributed by atoms with Crippen molar-refractivity contribution in [3.05, 3.63) is 52.8 Å². The molecule has 5 nitrogen and oxygen atoms in total. The second kappa shape index (κ2) is 6.35. The highest BCUT2D eigenvalue weighted by atomic mass is 19.1. The maximum Gasteiger partial charge on any atom is 0.298 e. The molecular formula is C23H20FN3O2. The van der Waals surface area contributed by atoms with Gasteiger partial charge in [-0.2, -0.15) is 0 Å². The third-order valence-corrected chi connectivity index (χ3v) is 6.33. The maximum atomic E-state index is 15.3. The van der Waals surface area contributed by atoms with E-state index in [4.69, 9.17) is 5.73 Å². The van der Waals surface area contributed by atoms with Gasteiger partial charge in [0.05, 0.1) is 11.7 Å². The summed E-state index contributed by atoms with van der Waals surface area (Å²) in [4.78, 5) is 27.9. The van der Waals surface area contributed by atoms with E-state index in [2.05, 4.69) is 11.8 Å². The predicted octanol–water partition coefficient (Wildman–Crippen LogP) is 2.17. The topological polar surface area (TPSA) is 66.6 Å². The van der Waals surface area contributed by atoms with Gasteiger partial charge in [0.25, 0.3) is 5.91 Å². The second-order valence-corrected chi connectivity index (χ2v) is 7.87. The van der Waals surface area contributed by atoms with Crippen molar-refractivity contribution in [2.45, 2.75) is 19.4 Å².